The van der Waals surface area contributed by atoms with Crippen molar-refractivity contribution >= 4 is 10.0 Å². The summed E-state index contributed by atoms with van der Waals surface area (Å²) in [6.07, 6.45) is 0.998. The van der Waals surface area contributed by atoms with Gasteiger partial charge in [0.2, 0.25) is 10.0 Å². The first-order valence-electron chi connectivity index (χ1n) is 7.12. The van der Waals surface area contributed by atoms with E-state index in [4.69, 9.17) is 9.88 Å². The van der Waals surface area contributed by atoms with E-state index in [2.05, 4.69) is 17.4 Å². The van der Waals surface area contributed by atoms with Crippen molar-refractivity contribution in [2.45, 2.75) is 17.4 Å². The average Bonchev–Trinajstić information content (AvgIpc) is 2.53. The SMILES string of the molecule is COc1ccc2c(c1)CC[NH2+]C2c1ccc(S(N)(=O)=O)cc1. The van der Waals surface area contributed by atoms with Gasteiger partial charge >= 0.3 is 0 Å². The fourth-order valence-corrected chi connectivity index (χ4v) is 3.46. The lowest BCUT2D eigenvalue weighted by molar-refractivity contribution is -0.690. The van der Waals surface area contributed by atoms with Crippen LogP contribution in [0.25, 0.3) is 0 Å². The molecule has 1 aliphatic heterocycles. The van der Waals surface area contributed by atoms with Gasteiger partial charge in [0, 0.05) is 17.5 Å². The minimum absolute atomic E-state index is 0.141. The predicted octanol–water partition coefficient (Wildman–Crippen LogP) is 0.552. The first kappa shape index (κ1) is 15.0. The highest BCUT2D eigenvalue weighted by Gasteiger charge is 2.25. The Morgan fingerprint density at radius 3 is 2.55 bits per heavy atom. The van der Waals surface area contributed by atoms with Crippen LogP contribution in [0.4, 0.5) is 0 Å². The summed E-state index contributed by atoms with van der Waals surface area (Å²) in [6.45, 7) is 0.988. The summed E-state index contributed by atoms with van der Waals surface area (Å²) >= 11 is 0. The lowest BCUT2D eigenvalue weighted by atomic mass is 9.90. The predicted molar refractivity (Wildman–Crippen MR) is 83.1 cm³/mol. The third-order valence-corrected chi connectivity index (χ3v) is 5.00. The molecule has 116 valence electrons. The van der Waals surface area contributed by atoms with Crippen LogP contribution in [-0.2, 0) is 16.4 Å². The van der Waals surface area contributed by atoms with Crippen molar-refractivity contribution < 1.29 is 18.5 Å². The normalized spacial score (nSPS) is 17.8. The minimum Gasteiger partial charge on any atom is -0.497 e. The molecule has 3 rings (SSSR count). The highest BCUT2D eigenvalue weighted by molar-refractivity contribution is 7.89. The van der Waals surface area contributed by atoms with Crippen LogP contribution in [-0.4, -0.2) is 22.1 Å². The molecule has 4 N–H and O–H groups in total. The van der Waals surface area contributed by atoms with Gasteiger partial charge < -0.3 is 10.1 Å². The van der Waals surface area contributed by atoms with Crippen molar-refractivity contribution in [3.05, 3.63) is 59.2 Å². The van der Waals surface area contributed by atoms with Gasteiger partial charge in [0.25, 0.3) is 0 Å². The summed E-state index contributed by atoms with van der Waals surface area (Å²) < 4.78 is 28.0. The van der Waals surface area contributed by atoms with Crippen LogP contribution in [0.1, 0.15) is 22.7 Å². The molecule has 1 aliphatic rings. The first-order valence-corrected chi connectivity index (χ1v) is 8.66. The van der Waals surface area contributed by atoms with E-state index in [-0.39, 0.29) is 10.9 Å². The summed E-state index contributed by atoms with van der Waals surface area (Å²) in [6, 6.07) is 13.1. The molecule has 2 aromatic rings. The van der Waals surface area contributed by atoms with E-state index >= 15 is 0 Å². The van der Waals surface area contributed by atoms with Crippen molar-refractivity contribution in [1.29, 1.82) is 0 Å². The summed E-state index contributed by atoms with van der Waals surface area (Å²) in [5, 5.41) is 7.41. The number of hydrogen-bond acceptors (Lipinski definition) is 3. The molecule has 22 heavy (non-hydrogen) atoms. The topological polar surface area (TPSA) is 86.0 Å². The molecule has 0 bridgehead atoms. The second kappa shape index (κ2) is 5.72. The molecule has 0 saturated carbocycles. The van der Waals surface area contributed by atoms with E-state index < -0.39 is 10.0 Å². The van der Waals surface area contributed by atoms with Gasteiger partial charge in [0.05, 0.1) is 18.6 Å². The van der Waals surface area contributed by atoms with Crippen molar-refractivity contribution in [3.8, 4) is 5.75 Å². The summed E-state index contributed by atoms with van der Waals surface area (Å²) in [7, 11) is -1.98. The second-order valence-corrected chi connectivity index (χ2v) is 6.99. The van der Waals surface area contributed by atoms with Crippen molar-refractivity contribution in [3.63, 3.8) is 0 Å². The number of ether oxygens (including phenoxy) is 1. The van der Waals surface area contributed by atoms with Gasteiger partial charge in [0.1, 0.15) is 11.8 Å². The van der Waals surface area contributed by atoms with Gasteiger partial charge in [-0.1, -0.05) is 12.1 Å². The fourth-order valence-electron chi connectivity index (χ4n) is 2.94. The van der Waals surface area contributed by atoms with Crippen molar-refractivity contribution in [2.24, 2.45) is 5.14 Å². The summed E-state index contributed by atoms with van der Waals surface area (Å²) in [5.74, 6) is 0.865. The van der Waals surface area contributed by atoms with Crippen LogP contribution in [0.15, 0.2) is 47.4 Å². The number of methoxy groups -OCH3 is 1. The Labute approximate surface area is 130 Å². The zero-order valence-electron chi connectivity index (χ0n) is 12.3. The third-order valence-electron chi connectivity index (χ3n) is 4.07. The Kier molecular flexibility index (Phi) is 3.90. The second-order valence-electron chi connectivity index (χ2n) is 5.43. The van der Waals surface area contributed by atoms with Gasteiger partial charge in [-0.2, -0.15) is 0 Å². The number of fused-ring (bicyclic) bond motifs is 1. The molecule has 1 heterocycles. The molecule has 0 amide bonds. The average molecular weight is 319 g/mol. The number of quaternary nitrogens is 1. The molecule has 2 aromatic carbocycles. The van der Waals surface area contributed by atoms with E-state index in [9.17, 15) is 8.42 Å². The van der Waals surface area contributed by atoms with E-state index in [0.29, 0.717) is 0 Å². The quantitative estimate of drug-likeness (QED) is 0.866. The van der Waals surface area contributed by atoms with E-state index in [1.165, 1.54) is 11.1 Å². The zero-order valence-corrected chi connectivity index (χ0v) is 13.1. The number of hydrogen-bond donors (Lipinski definition) is 2. The Bertz CT molecular complexity index is 786. The minimum atomic E-state index is -3.65. The Morgan fingerprint density at radius 1 is 1.18 bits per heavy atom. The van der Waals surface area contributed by atoms with E-state index in [1.54, 1.807) is 19.2 Å². The van der Waals surface area contributed by atoms with Crippen molar-refractivity contribution in [2.75, 3.05) is 13.7 Å². The number of sulfonamides is 1. The highest BCUT2D eigenvalue weighted by Crippen LogP contribution is 2.28. The van der Waals surface area contributed by atoms with E-state index in [1.807, 2.05) is 18.2 Å². The molecular weight excluding hydrogens is 300 g/mol. The molecule has 0 fully saturated rings. The number of nitrogens with two attached hydrogens (primary N) is 2. The molecule has 5 nitrogen and oxygen atoms in total. The number of benzene rings is 2. The highest BCUT2D eigenvalue weighted by atomic mass is 32.2. The summed E-state index contributed by atoms with van der Waals surface area (Å²) in [5.41, 5.74) is 3.59. The maximum absolute atomic E-state index is 11.3. The monoisotopic (exact) mass is 319 g/mol. The lowest BCUT2D eigenvalue weighted by Crippen LogP contribution is -2.87. The van der Waals surface area contributed by atoms with Crippen molar-refractivity contribution in [1.82, 2.24) is 0 Å². The Hall–Kier alpha value is -1.89. The molecule has 0 saturated heterocycles. The summed E-state index contributed by atoms with van der Waals surface area (Å²) in [4.78, 5) is 0.141. The molecular formula is C16H19N2O3S+. The van der Waals surface area contributed by atoms with Crippen LogP contribution in [0, 0.1) is 0 Å². The maximum atomic E-state index is 11.3. The van der Waals surface area contributed by atoms with Crippen LogP contribution in [0.5, 0.6) is 5.75 Å². The molecule has 0 aromatic heterocycles. The Balaban J connectivity index is 1.97. The standard InChI is InChI=1S/C16H18N2O3S/c1-21-13-4-7-15-12(10-13)8-9-18-16(15)11-2-5-14(6-3-11)22(17,19)20/h2-7,10,16,18H,8-9H2,1H3,(H2,17,19,20)/p+1. The van der Waals surface area contributed by atoms with Gasteiger partial charge in [0.15, 0.2) is 0 Å². The lowest BCUT2D eigenvalue weighted by Gasteiger charge is -2.24. The van der Waals surface area contributed by atoms with Gasteiger partial charge in [-0.15, -0.1) is 0 Å². The molecule has 1 unspecified atom stereocenters. The van der Waals surface area contributed by atoms with Crippen LogP contribution in [0.2, 0.25) is 0 Å². The van der Waals surface area contributed by atoms with Crippen LogP contribution in [0.3, 0.4) is 0 Å². The van der Waals surface area contributed by atoms with Gasteiger partial charge in [-0.25, -0.2) is 13.6 Å². The molecule has 0 aliphatic carbocycles. The fraction of sp³-hybridized carbons (Fsp3) is 0.250. The van der Waals surface area contributed by atoms with Gasteiger partial charge in [-0.05, 0) is 35.9 Å². The maximum Gasteiger partial charge on any atom is 0.238 e. The molecule has 1 atom stereocenters. The van der Waals surface area contributed by atoms with Crippen LogP contribution < -0.4 is 15.2 Å². The molecule has 0 radical (unpaired) electrons. The first-order chi connectivity index (χ1) is 10.5. The van der Waals surface area contributed by atoms with Gasteiger partial charge in [-0.3, -0.25) is 0 Å². The number of primary sulfonamides is 1. The molecule has 6 heteroatoms. The largest absolute Gasteiger partial charge is 0.497 e. The number of rotatable bonds is 3. The Morgan fingerprint density at radius 2 is 1.91 bits per heavy atom. The van der Waals surface area contributed by atoms with E-state index in [0.717, 1.165) is 24.3 Å². The van der Waals surface area contributed by atoms with Crippen LogP contribution >= 0.6 is 0 Å². The molecule has 0 spiro atoms. The zero-order chi connectivity index (χ0) is 15.7. The third kappa shape index (κ3) is 2.85. The smallest absolute Gasteiger partial charge is 0.238 e.